The van der Waals surface area contributed by atoms with E-state index in [1.54, 1.807) is 0 Å². The van der Waals surface area contributed by atoms with Crippen molar-refractivity contribution in [1.82, 2.24) is 0 Å². The van der Waals surface area contributed by atoms with E-state index in [9.17, 15) is 0 Å². The molecule has 0 fully saturated rings. The smallest absolute Gasteiger partial charge is 0.251 e. The average Bonchev–Trinajstić information content (AvgIpc) is 1.22. The molecule has 4 aliphatic heterocycles. The molecule has 0 saturated carbocycles. The van der Waals surface area contributed by atoms with E-state index < -0.39 is 0 Å². The number of fused-ring (bicyclic) bond motifs is 20. The quantitative estimate of drug-likeness (QED) is 0.127. The molecule has 144 heavy (non-hydrogen) atoms. The van der Waals surface area contributed by atoms with E-state index in [4.69, 9.17) is 4.42 Å². The zero-order valence-electron chi connectivity index (χ0n) is 78.5. The van der Waals surface area contributed by atoms with Crippen LogP contribution in [0.2, 0.25) is 0 Å². The van der Waals surface area contributed by atoms with E-state index in [2.05, 4.69) is 547 Å². The Kier molecular flexibility index (Phi) is 22.3. The second-order valence-corrected chi connectivity index (χ2v) is 42.8. The van der Waals surface area contributed by atoms with Crippen LogP contribution >= 0.6 is 11.3 Å². The second kappa shape index (κ2) is 37.1. The molecule has 12 heteroatoms. The van der Waals surface area contributed by atoms with Gasteiger partial charge in [0.1, 0.15) is 11.2 Å². The first-order valence-corrected chi connectivity index (χ1v) is 53.7. The third-order valence-electron chi connectivity index (χ3n) is 29.4. The summed E-state index contributed by atoms with van der Waals surface area (Å²) >= 11 is 2.59. The maximum Gasteiger partial charge on any atom is 0.251 e. The van der Waals surface area contributed by atoms with E-state index in [0.29, 0.717) is 29.0 Å². The van der Waals surface area contributed by atoms with Gasteiger partial charge in [0.2, 0.25) is 6.71 Å². The Morgan fingerprint density at radius 2 is 0.507 bits per heavy atom. The van der Waals surface area contributed by atoms with Crippen molar-refractivity contribution < 1.29 is 4.42 Å². The summed E-state index contributed by atoms with van der Waals surface area (Å²) in [7, 11) is 0. The Morgan fingerprint density at radius 1 is 0.194 bits per heavy atom. The topological polar surface area (TPSA) is 26.1 Å². The molecule has 4 aliphatic rings. The summed E-state index contributed by atoms with van der Waals surface area (Å²) in [4.78, 5) is 9.69. The first kappa shape index (κ1) is 86.5. The zero-order valence-corrected chi connectivity index (χ0v) is 82.8. The van der Waals surface area contributed by atoms with E-state index in [-0.39, 0.29) is 26.9 Å². The molecular formula is C132H88B4N4OSSe2. The summed E-state index contributed by atoms with van der Waals surface area (Å²) in [6.45, 7) is 0.554. The molecule has 8 heterocycles. The molecule has 0 unspecified atom stereocenters. The average molecular weight is 1980 g/mol. The van der Waals surface area contributed by atoms with Gasteiger partial charge in [0.15, 0.2) is 0 Å². The number of anilines is 12. The number of hydrogen-bond acceptors (Lipinski definition) is 6. The molecule has 0 N–H and O–H groups in total. The van der Waals surface area contributed by atoms with Crippen LogP contribution in [0.1, 0.15) is 0 Å². The number of benzene rings is 22. The van der Waals surface area contributed by atoms with Crippen molar-refractivity contribution in [3.8, 4) is 22.3 Å². The molecule has 0 aliphatic carbocycles. The summed E-state index contributed by atoms with van der Waals surface area (Å²) in [5.74, 6) is 0. The van der Waals surface area contributed by atoms with Gasteiger partial charge >= 0.3 is 435 Å². The summed E-state index contributed by atoms with van der Waals surface area (Å²) < 4.78 is 15.2. The summed E-state index contributed by atoms with van der Waals surface area (Å²) in [5, 5.41) is 10.6. The van der Waals surface area contributed by atoms with Crippen LogP contribution in [0.25, 0.3) is 103 Å². The molecule has 0 spiro atoms. The van der Waals surface area contributed by atoms with Gasteiger partial charge in [0.25, 0.3) is 6.71 Å². The fraction of sp³-hybridized carbons (Fsp3) is 0. The van der Waals surface area contributed by atoms with Crippen molar-refractivity contribution in [3.05, 3.63) is 534 Å². The predicted molar refractivity (Wildman–Crippen MR) is 624 cm³/mol. The number of rotatable bonds is 10. The molecule has 672 valence electrons. The van der Waals surface area contributed by atoms with Crippen LogP contribution < -0.4 is 85.2 Å². The van der Waals surface area contributed by atoms with Crippen molar-refractivity contribution in [3.63, 3.8) is 0 Å². The molecule has 5 nitrogen and oxygen atoms in total. The number of hydrogen-bond donors (Lipinski definition) is 0. The Morgan fingerprint density at radius 3 is 0.979 bits per heavy atom. The van der Waals surface area contributed by atoms with Crippen LogP contribution in [0.5, 0.6) is 0 Å². The molecule has 4 aromatic heterocycles. The minimum Gasteiger partial charge on any atom is -0.457 e. The maximum atomic E-state index is 6.46. The van der Waals surface area contributed by atoms with Gasteiger partial charge in [-0.15, -0.1) is 11.3 Å². The van der Waals surface area contributed by atoms with E-state index >= 15 is 0 Å². The Bertz CT molecular complexity index is 8560. The first-order chi connectivity index (χ1) is 71.5. The monoisotopic (exact) mass is 1980 g/mol. The number of thiophene rings is 1. The van der Waals surface area contributed by atoms with E-state index in [0.717, 1.165) is 22.2 Å². The van der Waals surface area contributed by atoms with Crippen molar-refractivity contribution in [2.75, 3.05) is 19.6 Å². The van der Waals surface area contributed by atoms with Gasteiger partial charge in [-0.05, 0) is 93.4 Å². The summed E-state index contributed by atoms with van der Waals surface area (Å²) in [6, 6.07) is 194. The normalized spacial score (nSPS) is 12.6. The Hall–Kier alpha value is -16.6. The SMILES string of the molecule is c1ccc(-c2cccc(-c3ccccc3)c2B2c3ccccc3N(c3ccc4[se]c5ccccc5c4c3)c3ccccc32)cc1.c1ccc(N2c3ccccc3B(c3cccc4c3[se]c3ccccc34)c3ccccc32)cc1.c1ccc(N2c3ccccc3B(c3cccc4c3oc3ccccc34)c3ccccc32)cc1.c1ccc(N2c3ccccc3B(c3cccc4c3sc3ccccc34)c3ccccc32)cc1. The molecule has 22 aromatic carbocycles. The van der Waals surface area contributed by atoms with Gasteiger partial charge in [0, 0.05) is 59.7 Å². The van der Waals surface area contributed by atoms with E-state index in [1.165, 1.54) is 215 Å². The van der Waals surface area contributed by atoms with E-state index in [1.807, 2.05) is 17.4 Å². The van der Waals surface area contributed by atoms with Crippen LogP contribution in [0.15, 0.2) is 538 Å². The molecule has 0 radical (unpaired) electrons. The van der Waals surface area contributed by atoms with Gasteiger partial charge in [-0.25, -0.2) is 0 Å². The van der Waals surface area contributed by atoms with Gasteiger partial charge < -0.3 is 14.2 Å². The van der Waals surface area contributed by atoms with Crippen LogP contribution in [0, 0.1) is 0 Å². The first-order valence-electron chi connectivity index (χ1n) is 49.5. The van der Waals surface area contributed by atoms with Gasteiger partial charge in [-0.3, -0.25) is 0 Å². The van der Waals surface area contributed by atoms with Gasteiger partial charge in [-0.2, -0.15) is 0 Å². The predicted octanol–water partition coefficient (Wildman–Crippen LogP) is 26.3. The fourth-order valence-corrected chi connectivity index (χ4v) is 29.4. The molecular weight excluding hydrogens is 1890 g/mol. The third kappa shape index (κ3) is 14.9. The minimum atomic E-state index is 0.0544. The Labute approximate surface area is 854 Å². The van der Waals surface area contributed by atoms with Crippen molar-refractivity contribution in [1.29, 1.82) is 0 Å². The van der Waals surface area contributed by atoms with Crippen LogP contribution in [-0.4, -0.2) is 55.9 Å². The molecule has 26 aromatic rings. The largest absolute Gasteiger partial charge is 0.457 e. The summed E-state index contributed by atoms with van der Waals surface area (Å²) in [5.41, 5.74) is 37.7. The van der Waals surface area contributed by atoms with Crippen molar-refractivity contribution >= 4 is 282 Å². The fourth-order valence-electron chi connectivity index (χ4n) is 23.3. The second-order valence-electron chi connectivity index (χ2n) is 37.3. The van der Waals surface area contributed by atoms with Crippen LogP contribution in [-0.2, 0) is 0 Å². The number of para-hydroxylation sites is 13. The third-order valence-corrected chi connectivity index (χ3v) is 35.6. The molecule has 0 saturated heterocycles. The minimum absolute atomic E-state index is 0.0544. The standard InChI is InChI=1S/C42H28BNSe.C30H20BNO.C30H20BNS.C30H20BNSe/c1-3-14-29(15-4-1)32-19-13-20-33(30-16-5-2-6-17-30)42(32)43-36-21-8-10-23-38(36)44(39-24-11-9-22-37(39)43)31-26-27-41-35(28-31)34-18-7-12-25-40(34)45-41;3*1-2-11-21(12-3-1)32-27-18-7-5-15-24(27)31(25-16-6-8-19-28(25)32)26-17-10-14-23-22-13-4-9-20-29(22)33-30(23)26/h1-28H;3*1-20H. The maximum absolute atomic E-state index is 6.46. The molecule has 0 bridgehead atoms. The Balaban J connectivity index is 0.0000000965. The molecule has 30 rings (SSSR count). The van der Waals surface area contributed by atoms with Crippen molar-refractivity contribution in [2.24, 2.45) is 0 Å². The van der Waals surface area contributed by atoms with Crippen LogP contribution in [0.4, 0.5) is 68.2 Å². The van der Waals surface area contributed by atoms with Crippen molar-refractivity contribution in [2.45, 2.75) is 0 Å². The molecule has 0 amide bonds. The zero-order chi connectivity index (χ0) is 95.1. The van der Waals surface area contributed by atoms with Gasteiger partial charge in [-0.1, -0.05) is 224 Å². The van der Waals surface area contributed by atoms with Gasteiger partial charge in [0.05, 0.1) is 0 Å². The van der Waals surface area contributed by atoms with Crippen LogP contribution in [0.3, 0.4) is 0 Å². The molecule has 0 atom stereocenters. The number of nitrogens with zero attached hydrogens (tertiary/aromatic N) is 4. The number of furan rings is 1. The summed E-state index contributed by atoms with van der Waals surface area (Å²) in [6.07, 6.45) is 0.